The van der Waals surface area contributed by atoms with Gasteiger partial charge in [-0.3, -0.25) is 0 Å². The fraction of sp³-hybridized carbons (Fsp3) is 0.357. The van der Waals surface area contributed by atoms with Crippen LogP contribution in [0.4, 0.5) is 4.39 Å². The number of guanidine groups is 1. The normalized spacial score (nSPS) is 12.2. The van der Waals surface area contributed by atoms with Crippen molar-refractivity contribution in [3.05, 3.63) is 42.7 Å². The highest BCUT2D eigenvalue weighted by atomic mass is 127. The number of nitrogens with zero attached hydrogens (tertiary/aromatic N) is 1. The van der Waals surface area contributed by atoms with E-state index in [9.17, 15) is 4.39 Å². The summed E-state index contributed by atoms with van der Waals surface area (Å²) in [6, 6.07) is 6.06. The summed E-state index contributed by atoms with van der Waals surface area (Å²) < 4.78 is 18.7. The van der Waals surface area contributed by atoms with Gasteiger partial charge >= 0.3 is 0 Å². The van der Waals surface area contributed by atoms with E-state index < -0.39 is 0 Å². The molecule has 0 fully saturated rings. The smallest absolute Gasteiger partial charge is 0.188 e. The van der Waals surface area contributed by atoms with Gasteiger partial charge in [0.2, 0.25) is 0 Å². The van der Waals surface area contributed by atoms with E-state index in [1.807, 2.05) is 6.92 Å². The number of rotatable bonds is 7. The molecule has 1 aromatic carbocycles. The molecule has 0 heterocycles. The van der Waals surface area contributed by atoms with Crippen molar-refractivity contribution in [2.75, 3.05) is 13.1 Å². The molecule has 0 amide bonds. The first-order chi connectivity index (χ1) is 9.15. The number of halogens is 2. The van der Waals surface area contributed by atoms with Crippen LogP contribution >= 0.6 is 24.0 Å². The van der Waals surface area contributed by atoms with Crippen LogP contribution in [0.25, 0.3) is 0 Å². The minimum absolute atomic E-state index is 0. The molecule has 112 valence electrons. The Morgan fingerprint density at radius 2 is 2.35 bits per heavy atom. The van der Waals surface area contributed by atoms with Crippen LogP contribution in [0.1, 0.15) is 13.3 Å². The Morgan fingerprint density at radius 1 is 1.60 bits per heavy atom. The Labute approximate surface area is 136 Å². The van der Waals surface area contributed by atoms with Crippen LogP contribution in [0.5, 0.6) is 5.75 Å². The fourth-order valence-electron chi connectivity index (χ4n) is 1.42. The molecule has 6 heteroatoms. The Balaban J connectivity index is 0.00000361. The van der Waals surface area contributed by atoms with Gasteiger partial charge in [-0.1, -0.05) is 19.1 Å². The second-order valence-corrected chi connectivity index (χ2v) is 4.00. The Morgan fingerprint density at radius 3 is 2.95 bits per heavy atom. The highest BCUT2D eigenvalue weighted by Gasteiger charge is 2.08. The zero-order valence-electron chi connectivity index (χ0n) is 11.5. The maximum atomic E-state index is 13.0. The van der Waals surface area contributed by atoms with E-state index in [4.69, 9.17) is 10.5 Å². The number of hydrogen-bond acceptors (Lipinski definition) is 2. The predicted octanol–water partition coefficient (Wildman–Crippen LogP) is 2.69. The second-order valence-electron chi connectivity index (χ2n) is 4.00. The summed E-state index contributed by atoms with van der Waals surface area (Å²) in [6.07, 6.45) is 2.32. The molecule has 0 radical (unpaired) electrons. The van der Waals surface area contributed by atoms with Crippen molar-refractivity contribution in [2.45, 2.75) is 19.4 Å². The minimum atomic E-state index is -0.317. The van der Waals surface area contributed by atoms with Crippen molar-refractivity contribution >= 4 is 29.9 Å². The number of aliphatic imine (C=N–C) groups is 1. The van der Waals surface area contributed by atoms with Crippen molar-refractivity contribution < 1.29 is 9.13 Å². The van der Waals surface area contributed by atoms with Crippen LogP contribution in [-0.4, -0.2) is 25.2 Å². The molecule has 0 saturated carbocycles. The molecule has 1 aromatic rings. The number of hydrogen-bond donors (Lipinski definition) is 2. The maximum absolute atomic E-state index is 13.0. The summed E-state index contributed by atoms with van der Waals surface area (Å²) >= 11 is 0. The molecule has 0 aliphatic heterocycles. The molecule has 1 unspecified atom stereocenters. The topological polar surface area (TPSA) is 59.6 Å². The van der Waals surface area contributed by atoms with Crippen LogP contribution in [0, 0.1) is 5.82 Å². The number of benzene rings is 1. The van der Waals surface area contributed by atoms with E-state index in [1.165, 1.54) is 12.1 Å². The number of ether oxygens (including phenoxy) is 1. The van der Waals surface area contributed by atoms with E-state index in [-0.39, 0.29) is 35.9 Å². The third kappa shape index (κ3) is 7.32. The average molecular weight is 393 g/mol. The van der Waals surface area contributed by atoms with Crippen LogP contribution in [0.3, 0.4) is 0 Å². The lowest BCUT2D eigenvalue weighted by atomic mass is 10.2. The van der Waals surface area contributed by atoms with Crippen LogP contribution in [-0.2, 0) is 0 Å². The molecule has 20 heavy (non-hydrogen) atoms. The SMILES string of the molecule is C=CCNC(N)=NCC(CC)Oc1cccc(F)c1.I. The van der Waals surface area contributed by atoms with Gasteiger partial charge in [-0.05, 0) is 18.6 Å². The van der Waals surface area contributed by atoms with E-state index in [0.717, 1.165) is 6.42 Å². The van der Waals surface area contributed by atoms with Crippen molar-refractivity contribution in [3.8, 4) is 5.75 Å². The van der Waals surface area contributed by atoms with Gasteiger partial charge in [0, 0.05) is 12.6 Å². The molecule has 4 nitrogen and oxygen atoms in total. The van der Waals surface area contributed by atoms with Gasteiger partial charge in [-0.2, -0.15) is 0 Å². The highest BCUT2D eigenvalue weighted by molar-refractivity contribution is 14.0. The van der Waals surface area contributed by atoms with E-state index in [0.29, 0.717) is 24.8 Å². The van der Waals surface area contributed by atoms with Crippen molar-refractivity contribution in [1.82, 2.24) is 5.32 Å². The summed E-state index contributed by atoms with van der Waals surface area (Å²) in [5.41, 5.74) is 5.66. The zero-order valence-corrected chi connectivity index (χ0v) is 13.8. The Kier molecular flexibility index (Phi) is 9.79. The summed E-state index contributed by atoms with van der Waals surface area (Å²) in [5.74, 6) is 0.531. The lowest BCUT2D eigenvalue weighted by Crippen LogP contribution is -2.33. The molecular formula is C14H21FIN3O. The molecule has 0 aliphatic rings. The van der Waals surface area contributed by atoms with Gasteiger partial charge in [0.1, 0.15) is 17.7 Å². The van der Waals surface area contributed by atoms with E-state index in [2.05, 4.69) is 16.9 Å². The van der Waals surface area contributed by atoms with Crippen LogP contribution in [0.15, 0.2) is 41.9 Å². The third-order valence-corrected chi connectivity index (χ3v) is 2.45. The standard InChI is InChI=1S/C14H20FN3O.HI/c1-3-8-17-14(16)18-10-12(4-2)19-13-7-5-6-11(15)9-13;/h3,5-7,9,12H,1,4,8,10H2,2H3,(H3,16,17,18);1H. The first-order valence-corrected chi connectivity index (χ1v) is 6.22. The molecule has 0 bridgehead atoms. The summed E-state index contributed by atoms with van der Waals surface area (Å²) in [6.45, 7) is 6.54. The zero-order chi connectivity index (χ0) is 14.1. The fourth-order valence-corrected chi connectivity index (χ4v) is 1.42. The average Bonchev–Trinajstić information content (AvgIpc) is 2.41. The van der Waals surface area contributed by atoms with Gasteiger partial charge in [0.25, 0.3) is 0 Å². The molecule has 3 N–H and O–H groups in total. The summed E-state index contributed by atoms with van der Waals surface area (Å²) in [5, 5.41) is 2.88. The molecular weight excluding hydrogens is 372 g/mol. The largest absolute Gasteiger partial charge is 0.488 e. The van der Waals surface area contributed by atoms with Gasteiger partial charge in [-0.15, -0.1) is 30.6 Å². The quantitative estimate of drug-likeness (QED) is 0.324. The Bertz CT molecular complexity index is 440. The lowest BCUT2D eigenvalue weighted by Gasteiger charge is -2.16. The molecule has 0 aliphatic carbocycles. The molecule has 1 rings (SSSR count). The van der Waals surface area contributed by atoms with Gasteiger partial charge in [0.15, 0.2) is 5.96 Å². The first kappa shape index (κ1) is 18.7. The third-order valence-electron chi connectivity index (χ3n) is 2.45. The molecule has 0 saturated heterocycles. The van der Waals surface area contributed by atoms with Gasteiger partial charge < -0.3 is 15.8 Å². The lowest BCUT2D eigenvalue weighted by molar-refractivity contribution is 0.205. The Hall–Kier alpha value is -1.31. The molecule has 0 aromatic heterocycles. The summed E-state index contributed by atoms with van der Waals surface area (Å²) in [4.78, 5) is 4.17. The van der Waals surface area contributed by atoms with Crippen LogP contribution in [0.2, 0.25) is 0 Å². The second kappa shape index (κ2) is 10.5. The van der Waals surface area contributed by atoms with Gasteiger partial charge in [0.05, 0.1) is 6.54 Å². The predicted molar refractivity (Wildman–Crippen MR) is 91.2 cm³/mol. The van der Waals surface area contributed by atoms with Crippen molar-refractivity contribution in [3.63, 3.8) is 0 Å². The summed E-state index contributed by atoms with van der Waals surface area (Å²) in [7, 11) is 0. The first-order valence-electron chi connectivity index (χ1n) is 6.22. The van der Waals surface area contributed by atoms with Crippen molar-refractivity contribution in [2.24, 2.45) is 10.7 Å². The monoisotopic (exact) mass is 393 g/mol. The number of nitrogens with two attached hydrogens (primary N) is 1. The molecule has 1 atom stereocenters. The van der Waals surface area contributed by atoms with E-state index >= 15 is 0 Å². The number of nitrogens with one attached hydrogen (secondary N) is 1. The minimum Gasteiger partial charge on any atom is -0.488 e. The van der Waals surface area contributed by atoms with Crippen molar-refractivity contribution in [1.29, 1.82) is 0 Å². The molecule has 0 spiro atoms. The van der Waals surface area contributed by atoms with Crippen LogP contribution < -0.4 is 15.8 Å². The highest BCUT2D eigenvalue weighted by Crippen LogP contribution is 2.15. The van der Waals surface area contributed by atoms with E-state index in [1.54, 1.807) is 18.2 Å². The van der Waals surface area contributed by atoms with Gasteiger partial charge in [-0.25, -0.2) is 9.38 Å². The maximum Gasteiger partial charge on any atom is 0.188 e.